The summed E-state index contributed by atoms with van der Waals surface area (Å²) in [4.78, 5) is 12.7. The van der Waals surface area contributed by atoms with Crippen molar-refractivity contribution >= 4 is 67.1 Å². The number of azo groups is 1. The van der Waals surface area contributed by atoms with Crippen LogP contribution in [0.25, 0.3) is 10.8 Å². The zero-order chi connectivity index (χ0) is 26.9. The first-order valence-corrected chi connectivity index (χ1v) is 12.8. The number of fused-ring (bicyclic) bond motifs is 1. The fraction of sp³-hybridized carbons (Fsp3) is 0.0800. The van der Waals surface area contributed by atoms with Crippen LogP contribution in [0.4, 0.5) is 17.1 Å². The molecule has 1 amide bonds. The Bertz CT molecular complexity index is 1690. The molecule has 0 spiro atoms. The predicted molar refractivity (Wildman–Crippen MR) is 142 cm³/mol. The summed E-state index contributed by atoms with van der Waals surface area (Å²) in [7, 11) is -3.09. The Morgan fingerprint density at radius 3 is 2.43 bits per heavy atom. The molecule has 4 aromatic carbocycles. The lowest BCUT2D eigenvalue weighted by Crippen LogP contribution is -2.12. The van der Waals surface area contributed by atoms with Gasteiger partial charge in [0.2, 0.25) is 0 Å². The molecule has 37 heavy (non-hydrogen) atoms. The van der Waals surface area contributed by atoms with Crippen molar-refractivity contribution in [3.63, 3.8) is 0 Å². The summed E-state index contributed by atoms with van der Waals surface area (Å²) in [6.45, 7) is 1.47. The highest BCUT2D eigenvalue weighted by Crippen LogP contribution is 2.41. The molecule has 0 aromatic heterocycles. The number of benzene rings is 4. The molecule has 0 fully saturated rings. The molecule has 0 saturated carbocycles. The number of nitrogens with zero attached hydrogens (tertiary/aromatic N) is 2. The van der Waals surface area contributed by atoms with Crippen LogP contribution in [-0.4, -0.2) is 31.1 Å². The van der Waals surface area contributed by atoms with E-state index in [1.807, 2.05) is 0 Å². The number of rotatable bonds is 6. The summed E-state index contributed by atoms with van der Waals surface area (Å²) in [6, 6.07) is 15.4. The van der Waals surface area contributed by atoms with Gasteiger partial charge in [-0.3, -0.25) is 9.35 Å². The van der Waals surface area contributed by atoms with E-state index in [1.165, 1.54) is 32.2 Å². The molecule has 12 heteroatoms. The normalized spacial score (nSPS) is 11.7. The van der Waals surface area contributed by atoms with E-state index in [4.69, 9.17) is 27.9 Å². The van der Waals surface area contributed by atoms with E-state index in [2.05, 4.69) is 15.5 Å². The van der Waals surface area contributed by atoms with Crippen LogP contribution in [0.2, 0.25) is 10.0 Å². The molecule has 9 nitrogen and oxygen atoms in total. The minimum absolute atomic E-state index is 0.0398. The molecule has 0 aliphatic heterocycles. The van der Waals surface area contributed by atoms with Crippen molar-refractivity contribution < 1.29 is 27.6 Å². The van der Waals surface area contributed by atoms with E-state index in [1.54, 1.807) is 36.4 Å². The molecule has 0 heterocycles. The van der Waals surface area contributed by atoms with Gasteiger partial charge in [0.05, 0.1) is 27.6 Å². The molecule has 3 N–H and O–H groups in total. The largest absolute Gasteiger partial charge is 0.505 e. The van der Waals surface area contributed by atoms with Crippen molar-refractivity contribution in [2.45, 2.75) is 11.8 Å². The van der Waals surface area contributed by atoms with Crippen LogP contribution in [0.15, 0.2) is 75.8 Å². The van der Waals surface area contributed by atoms with Crippen LogP contribution < -0.4 is 10.1 Å². The molecule has 0 atom stereocenters. The van der Waals surface area contributed by atoms with Crippen molar-refractivity contribution in [3.8, 4) is 11.5 Å². The van der Waals surface area contributed by atoms with Gasteiger partial charge in [0.25, 0.3) is 16.0 Å². The number of aryl methyl sites for hydroxylation is 1. The number of amides is 1. The second-order valence-electron chi connectivity index (χ2n) is 7.89. The average molecular weight is 560 g/mol. The number of hydrogen-bond donors (Lipinski definition) is 3. The molecular weight excluding hydrogens is 541 g/mol. The number of carbonyl (C=O) groups excluding carboxylic acids is 1. The first kappa shape index (κ1) is 26.4. The number of anilines is 1. The van der Waals surface area contributed by atoms with Crippen LogP contribution in [0, 0.1) is 6.92 Å². The minimum Gasteiger partial charge on any atom is -0.505 e. The van der Waals surface area contributed by atoms with Gasteiger partial charge in [-0.15, -0.1) is 10.2 Å². The van der Waals surface area contributed by atoms with Crippen LogP contribution in [-0.2, 0) is 10.1 Å². The molecule has 0 saturated heterocycles. The highest BCUT2D eigenvalue weighted by Gasteiger charge is 2.20. The zero-order valence-corrected chi connectivity index (χ0v) is 21.7. The second-order valence-corrected chi connectivity index (χ2v) is 10.1. The highest BCUT2D eigenvalue weighted by molar-refractivity contribution is 7.85. The third-order valence-electron chi connectivity index (χ3n) is 5.43. The Labute approximate surface area is 222 Å². The van der Waals surface area contributed by atoms with Crippen molar-refractivity contribution in [1.82, 2.24) is 0 Å². The lowest BCUT2D eigenvalue weighted by atomic mass is 10.0. The predicted octanol–water partition coefficient (Wildman–Crippen LogP) is 7.08. The maximum Gasteiger partial charge on any atom is 0.294 e. The van der Waals surface area contributed by atoms with Crippen LogP contribution in [0.3, 0.4) is 0 Å². The third kappa shape index (κ3) is 5.52. The summed E-state index contributed by atoms with van der Waals surface area (Å²) >= 11 is 12.3. The van der Waals surface area contributed by atoms with Gasteiger partial charge in [0, 0.05) is 17.1 Å². The van der Waals surface area contributed by atoms with E-state index in [0.29, 0.717) is 27.2 Å². The number of halogens is 2. The lowest BCUT2D eigenvalue weighted by Gasteiger charge is -2.12. The highest BCUT2D eigenvalue weighted by atomic mass is 35.5. The Morgan fingerprint density at radius 2 is 1.73 bits per heavy atom. The first-order valence-electron chi connectivity index (χ1n) is 10.6. The topological polar surface area (TPSA) is 138 Å². The number of ether oxygens (including phenoxy) is 1. The lowest BCUT2D eigenvalue weighted by molar-refractivity contribution is 0.102. The zero-order valence-electron chi connectivity index (χ0n) is 19.4. The van der Waals surface area contributed by atoms with E-state index in [0.717, 1.165) is 6.07 Å². The van der Waals surface area contributed by atoms with Crippen molar-refractivity contribution in [3.05, 3.63) is 81.8 Å². The third-order valence-corrected chi connectivity index (χ3v) is 7.04. The number of phenols is 1. The van der Waals surface area contributed by atoms with Gasteiger partial charge in [-0.1, -0.05) is 47.5 Å². The first-order chi connectivity index (χ1) is 17.5. The quantitative estimate of drug-likeness (QED) is 0.170. The van der Waals surface area contributed by atoms with E-state index in [-0.39, 0.29) is 32.4 Å². The number of methoxy groups -OCH3 is 1. The van der Waals surface area contributed by atoms with Gasteiger partial charge in [-0.25, -0.2) is 0 Å². The average Bonchev–Trinajstić information content (AvgIpc) is 2.84. The van der Waals surface area contributed by atoms with Gasteiger partial charge in [-0.05, 0) is 48.2 Å². The summed E-state index contributed by atoms with van der Waals surface area (Å²) in [5.41, 5.74) is 0.409. The summed E-state index contributed by atoms with van der Waals surface area (Å²) in [5.74, 6) is -0.735. The molecule has 0 bridgehead atoms. The van der Waals surface area contributed by atoms with Gasteiger partial charge >= 0.3 is 0 Å². The van der Waals surface area contributed by atoms with E-state index in [9.17, 15) is 22.9 Å². The minimum atomic E-state index is -4.53. The second kappa shape index (κ2) is 10.3. The Kier molecular flexibility index (Phi) is 7.37. The van der Waals surface area contributed by atoms with Gasteiger partial charge in [-0.2, -0.15) is 8.42 Å². The molecule has 0 radical (unpaired) electrons. The van der Waals surface area contributed by atoms with Crippen molar-refractivity contribution in [2.75, 3.05) is 12.4 Å². The smallest absolute Gasteiger partial charge is 0.294 e. The van der Waals surface area contributed by atoms with Crippen molar-refractivity contribution in [2.24, 2.45) is 10.2 Å². The Balaban J connectivity index is 1.80. The fourth-order valence-electron chi connectivity index (χ4n) is 3.63. The van der Waals surface area contributed by atoms with Crippen molar-refractivity contribution in [1.29, 1.82) is 0 Å². The molecule has 4 aromatic rings. The van der Waals surface area contributed by atoms with Gasteiger partial charge in [0.1, 0.15) is 17.1 Å². The number of hydrogen-bond acceptors (Lipinski definition) is 7. The molecule has 190 valence electrons. The molecule has 0 unspecified atom stereocenters. The number of carbonyl (C=O) groups is 1. The number of phenolic OH excluding ortho intramolecular Hbond substituents is 1. The number of nitrogens with one attached hydrogen (secondary N) is 1. The Morgan fingerprint density at radius 1 is 1.00 bits per heavy atom. The van der Waals surface area contributed by atoms with Crippen LogP contribution in [0.5, 0.6) is 11.5 Å². The van der Waals surface area contributed by atoms with Gasteiger partial charge in [0.15, 0.2) is 5.75 Å². The van der Waals surface area contributed by atoms with Crippen LogP contribution in [0.1, 0.15) is 15.9 Å². The SMILES string of the molecule is COc1cc(NC(=O)c2cc3ccccc3c(N=Nc3cc(S(=O)(=O)O)c(C)cc3Cl)c2O)ccc1Cl. The van der Waals surface area contributed by atoms with Gasteiger partial charge < -0.3 is 15.2 Å². The maximum absolute atomic E-state index is 13.1. The Hall–Kier alpha value is -3.70. The fourth-order valence-corrected chi connectivity index (χ4v) is 4.81. The summed E-state index contributed by atoms with van der Waals surface area (Å²) in [6.07, 6.45) is 0. The standard InChI is InChI=1S/C25H19Cl2N3O6S/c1-13-9-19(27)20(12-22(13)37(33,34)35)29-30-23-16-6-4-3-5-14(16)10-17(24(23)31)25(32)28-15-7-8-18(26)21(11-15)36-2/h3-12,31H,1-2H3,(H,28,32)(H,33,34,35). The van der Waals surface area contributed by atoms with E-state index >= 15 is 0 Å². The maximum atomic E-state index is 13.1. The summed E-state index contributed by atoms with van der Waals surface area (Å²) < 4.78 is 38.0. The molecule has 4 rings (SSSR count). The number of aromatic hydroxyl groups is 1. The molecular formula is C25H19Cl2N3O6S. The molecule has 0 aliphatic rings. The van der Waals surface area contributed by atoms with Crippen LogP contribution >= 0.6 is 23.2 Å². The van der Waals surface area contributed by atoms with E-state index < -0.39 is 21.8 Å². The summed E-state index contributed by atoms with van der Waals surface area (Å²) in [5, 5.41) is 23.3. The molecule has 0 aliphatic carbocycles. The monoisotopic (exact) mass is 559 g/mol.